The van der Waals surface area contributed by atoms with Crippen LogP contribution in [0.5, 0.6) is 5.75 Å². The molecule has 0 saturated carbocycles. The van der Waals surface area contributed by atoms with Gasteiger partial charge in [0, 0.05) is 36.7 Å². The molecule has 2 aromatic rings. The van der Waals surface area contributed by atoms with E-state index in [2.05, 4.69) is 16.7 Å². The van der Waals surface area contributed by atoms with E-state index in [4.69, 9.17) is 4.74 Å². The van der Waals surface area contributed by atoms with Crippen molar-refractivity contribution in [3.05, 3.63) is 65.2 Å². The molecule has 0 bridgehead atoms. The van der Waals surface area contributed by atoms with Gasteiger partial charge in [0.15, 0.2) is 0 Å². The lowest BCUT2D eigenvalue weighted by molar-refractivity contribution is -0.140. The fraction of sp³-hybridized carbons (Fsp3) is 0.481. The highest BCUT2D eigenvalue weighted by atomic mass is 19.4. The molecule has 2 aliphatic heterocycles. The molecular weight excluding hydrogens is 441 g/mol. The van der Waals surface area contributed by atoms with Gasteiger partial charge in [-0.3, -0.25) is 4.90 Å². The summed E-state index contributed by atoms with van der Waals surface area (Å²) in [5.41, 5.74) is 2.79. The summed E-state index contributed by atoms with van der Waals surface area (Å²) in [4.78, 5) is 4.22. The number of para-hydroxylation sites is 1. The van der Waals surface area contributed by atoms with Gasteiger partial charge >= 0.3 is 6.18 Å². The Morgan fingerprint density at radius 2 is 1.76 bits per heavy atom. The van der Waals surface area contributed by atoms with E-state index in [1.807, 2.05) is 53.4 Å². The van der Waals surface area contributed by atoms with Crippen molar-refractivity contribution in [2.45, 2.75) is 43.4 Å². The zero-order valence-electron chi connectivity index (χ0n) is 19.4. The van der Waals surface area contributed by atoms with Gasteiger partial charge in [-0.05, 0) is 55.8 Å². The van der Waals surface area contributed by atoms with Crippen LogP contribution in [0.15, 0.2) is 48.5 Å². The molecule has 0 radical (unpaired) electrons. The predicted molar refractivity (Wildman–Crippen MR) is 126 cm³/mol. The van der Waals surface area contributed by atoms with E-state index in [0.29, 0.717) is 13.1 Å². The van der Waals surface area contributed by atoms with Crippen LogP contribution in [-0.4, -0.2) is 73.1 Å². The van der Waals surface area contributed by atoms with Gasteiger partial charge in [0.25, 0.3) is 0 Å². The summed E-state index contributed by atoms with van der Waals surface area (Å²) in [6.45, 7) is 2.23. The van der Waals surface area contributed by atoms with Crippen LogP contribution in [0, 0.1) is 11.8 Å². The molecule has 0 spiro atoms. The number of benzene rings is 2. The first kappa shape index (κ1) is 24.6. The molecular formula is C27H31F3N2O2. The van der Waals surface area contributed by atoms with Crippen LogP contribution in [0.4, 0.5) is 13.2 Å². The third kappa shape index (κ3) is 5.75. The Morgan fingerprint density at radius 3 is 2.47 bits per heavy atom. The van der Waals surface area contributed by atoms with E-state index in [1.54, 1.807) is 7.11 Å². The van der Waals surface area contributed by atoms with Gasteiger partial charge in [-0.25, -0.2) is 0 Å². The van der Waals surface area contributed by atoms with Crippen molar-refractivity contribution in [1.29, 1.82) is 0 Å². The Hall–Kier alpha value is -2.53. The molecule has 2 fully saturated rings. The number of rotatable bonds is 5. The molecule has 0 unspecified atom stereocenters. The zero-order chi connectivity index (χ0) is 24.1. The first-order valence-electron chi connectivity index (χ1n) is 11.8. The Balaban J connectivity index is 1.49. The molecule has 2 saturated heterocycles. The maximum absolute atomic E-state index is 12.8. The number of methoxy groups -OCH3 is 1. The Kier molecular flexibility index (Phi) is 7.82. The molecule has 2 aliphatic rings. The van der Waals surface area contributed by atoms with Crippen LogP contribution in [0.25, 0.3) is 0 Å². The molecule has 0 aromatic heterocycles. The summed E-state index contributed by atoms with van der Waals surface area (Å²) in [6, 6.07) is 15.7. The zero-order valence-corrected chi connectivity index (χ0v) is 19.4. The SMILES string of the molecule is COc1ccccc1C#Cc1ccc([C@H]2[C@@H](CO)N3CCCCN(CCC(F)(F)F)C[C@@H]23)cc1. The second-order valence-corrected chi connectivity index (χ2v) is 9.03. The van der Waals surface area contributed by atoms with Crippen LogP contribution in [0.1, 0.15) is 41.9 Å². The second kappa shape index (κ2) is 10.8. The average molecular weight is 473 g/mol. The molecule has 0 amide bonds. The molecule has 2 aromatic carbocycles. The first-order valence-corrected chi connectivity index (χ1v) is 11.8. The summed E-state index contributed by atoms with van der Waals surface area (Å²) in [5, 5.41) is 10.1. The van der Waals surface area contributed by atoms with E-state index >= 15 is 0 Å². The Bertz CT molecular complexity index is 1010. The van der Waals surface area contributed by atoms with Crippen molar-refractivity contribution < 1.29 is 23.0 Å². The fourth-order valence-electron chi connectivity index (χ4n) is 5.18. The number of fused-ring (bicyclic) bond motifs is 1. The number of alkyl halides is 3. The Labute approximate surface area is 199 Å². The van der Waals surface area contributed by atoms with Crippen molar-refractivity contribution in [1.82, 2.24) is 9.80 Å². The molecule has 34 heavy (non-hydrogen) atoms. The van der Waals surface area contributed by atoms with Crippen molar-refractivity contribution in [2.24, 2.45) is 0 Å². The van der Waals surface area contributed by atoms with Crippen molar-refractivity contribution in [2.75, 3.05) is 39.9 Å². The normalized spacial score (nSPS) is 23.6. The molecule has 2 heterocycles. The molecule has 0 aliphatic carbocycles. The fourth-order valence-corrected chi connectivity index (χ4v) is 5.18. The molecule has 7 heteroatoms. The quantitative estimate of drug-likeness (QED) is 0.660. The van der Waals surface area contributed by atoms with Gasteiger partial charge in [0.2, 0.25) is 0 Å². The minimum Gasteiger partial charge on any atom is -0.495 e. The number of aliphatic hydroxyl groups excluding tert-OH is 1. The number of hydrogen-bond donors (Lipinski definition) is 1. The third-order valence-corrected chi connectivity index (χ3v) is 6.91. The minimum atomic E-state index is -4.14. The van der Waals surface area contributed by atoms with E-state index < -0.39 is 12.6 Å². The van der Waals surface area contributed by atoms with Crippen LogP contribution in [-0.2, 0) is 0 Å². The van der Waals surface area contributed by atoms with Gasteiger partial charge in [-0.1, -0.05) is 36.1 Å². The van der Waals surface area contributed by atoms with E-state index in [9.17, 15) is 18.3 Å². The summed E-state index contributed by atoms with van der Waals surface area (Å²) >= 11 is 0. The van der Waals surface area contributed by atoms with E-state index in [1.165, 1.54) is 0 Å². The Morgan fingerprint density at radius 1 is 1.03 bits per heavy atom. The van der Waals surface area contributed by atoms with E-state index in [0.717, 1.165) is 41.8 Å². The number of ether oxygens (including phenoxy) is 1. The second-order valence-electron chi connectivity index (χ2n) is 9.03. The lowest BCUT2D eigenvalue weighted by atomic mass is 9.74. The van der Waals surface area contributed by atoms with Crippen molar-refractivity contribution >= 4 is 0 Å². The summed E-state index contributed by atoms with van der Waals surface area (Å²) < 4.78 is 43.8. The molecule has 1 N–H and O–H groups in total. The molecule has 4 nitrogen and oxygen atoms in total. The summed E-state index contributed by atoms with van der Waals surface area (Å²) in [6.07, 6.45) is -3.12. The third-order valence-electron chi connectivity index (χ3n) is 6.91. The van der Waals surface area contributed by atoms with Crippen LogP contribution in [0.2, 0.25) is 0 Å². The molecule has 3 atom stereocenters. The largest absolute Gasteiger partial charge is 0.495 e. The van der Waals surface area contributed by atoms with Gasteiger partial charge < -0.3 is 14.7 Å². The molecule has 4 rings (SSSR count). The van der Waals surface area contributed by atoms with Crippen LogP contribution >= 0.6 is 0 Å². The van der Waals surface area contributed by atoms with Crippen LogP contribution in [0.3, 0.4) is 0 Å². The first-order chi connectivity index (χ1) is 16.4. The highest BCUT2D eigenvalue weighted by molar-refractivity contribution is 5.50. The number of halogens is 3. The van der Waals surface area contributed by atoms with Crippen molar-refractivity contribution in [3.8, 4) is 17.6 Å². The molecule has 182 valence electrons. The summed E-state index contributed by atoms with van der Waals surface area (Å²) in [7, 11) is 1.62. The number of hydrogen-bond acceptors (Lipinski definition) is 4. The smallest absolute Gasteiger partial charge is 0.390 e. The van der Waals surface area contributed by atoms with Crippen molar-refractivity contribution in [3.63, 3.8) is 0 Å². The van der Waals surface area contributed by atoms with Crippen LogP contribution < -0.4 is 4.74 Å². The lowest BCUT2D eigenvalue weighted by Crippen LogP contribution is -2.67. The highest BCUT2D eigenvalue weighted by Crippen LogP contribution is 2.42. The van der Waals surface area contributed by atoms with E-state index in [-0.39, 0.29) is 31.2 Å². The number of nitrogens with zero attached hydrogens (tertiary/aromatic N) is 2. The van der Waals surface area contributed by atoms with Gasteiger partial charge in [-0.15, -0.1) is 0 Å². The number of aliphatic hydroxyl groups is 1. The minimum absolute atomic E-state index is 0.00178. The monoisotopic (exact) mass is 472 g/mol. The lowest BCUT2D eigenvalue weighted by Gasteiger charge is -2.57. The summed E-state index contributed by atoms with van der Waals surface area (Å²) in [5.74, 6) is 7.14. The average Bonchev–Trinajstić information content (AvgIpc) is 2.81. The predicted octanol–water partition coefficient (Wildman–Crippen LogP) is 4.27. The standard InChI is InChI=1S/C27H31F3N2O2/c1-34-25-7-3-2-6-21(25)11-8-20-9-12-22(13-10-20)26-23-18-31(17-14-27(28,29)30)15-4-5-16-32(23)24(26)19-33/h2-3,6-7,9-10,12-13,23-24,26,33H,4-5,14-19H2,1H3/t23-,24+,26+/m0/s1. The maximum Gasteiger partial charge on any atom is 0.390 e. The topological polar surface area (TPSA) is 35.9 Å². The maximum atomic E-state index is 12.8. The van der Waals surface area contributed by atoms with Gasteiger partial charge in [-0.2, -0.15) is 13.2 Å². The van der Waals surface area contributed by atoms with Gasteiger partial charge in [0.1, 0.15) is 5.75 Å². The highest BCUT2D eigenvalue weighted by Gasteiger charge is 2.49. The van der Waals surface area contributed by atoms with Gasteiger partial charge in [0.05, 0.1) is 25.7 Å².